The fourth-order valence-corrected chi connectivity index (χ4v) is 3.05. The lowest BCUT2D eigenvalue weighted by atomic mass is 9.84. The van der Waals surface area contributed by atoms with Crippen LogP contribution in [-0.4, -0.2) is 41.7 Å². The monoisotopic (exact) mass is 390 g/mol. The van der Waals surface area contributed by atoms with Crippen LogP contribution in [0.4, 0.5) is 0 Å². The Balaban J connectivity index is 1.69. The summed E-state index contributed by atoms with van der Waals surface area (Å²) in [6, 6.07) is 15.2. The van der Waals surface area contributed by atoms with E-state index in [0.29, 0.717) is 23.2 Å². The summed E-state index contributed by atoms with van der Waals surface area (Å²) in [5, 5.41) is 17.9. The summed E-state index contributed by atoms with van der Waals surface area (Å²) in [4.78, 5) is 9.60. The van der Waals surface area contributed by atoms with E-state index in [9.17, 15) is 5.11 Å². The minimum Gasteiger partial charge on any atom is -0.480 e. The molecular weight excluding hydrogens is 368 g/mol. The van der Waals surface area contributed by atoms with E-state index in [2.05, 4.69) is 24.0 Å². The molecule has 0 atom stereocenters. The van der Waals surface area contributed by atoms with Crippen LogP contribution < -0.4 is 4.74 Å². The lowest BCUT2D eigenvalue weighted by Crippen LogP contribution is -2.23. The molecule has 0 fully saturated rings. The zero-order chi connectivity index (χ0) is 20.4. The summed E-state index contributed by atoms with van der Waals surface area (Å²) in [7, 11) is 1.58. The third kappa shape index (κ3) is 3.62. The lowest BCUT2D eigenvalue weighted by molar-refractivity contribution is 0.276. The second-order valence-corrected chi connectivity index (χ2v) is 7.10. The van der Waals surface area contributed by atoms with E-state index in [-0.39, 0.29) is 6.61 Å². The molecule has 4 rings (SSSR count). The van der Waals surface area contributed by atoms with Crippen LogP contribution in [0, 0.1) is 0 Å². The van der Waals surface area contributed by atoms with Crippen molar-refractivity contribution < 1.29 is 9.84 Å². The Morgan fingerprint density at radius 1 is 0.862 bits per heavy atom. The van der Waals surface area contributed by atoms with Gasteiger partial charge in [0, 0.05) is 23.9 Å². The van der Waals surface area contributed by atoms with Gasteiger partial charge in [0.1, 0.15) is 0 Å². The van der Waals surface area contributed by atoms with Crippen LogP contribution in [0.2, 0.25) is 0 Å². The fraction of sp³-hybridized carbons (Fsp3) is 0.238. The first-order chi connectivity index (χ1) is 14.0. The summed E-state index contributed by atoms with van der Waals surface area (Å²) >= 11 is 0. The minimum atomic E-state index is -0.448. The van der Waals surface area contributed by atoms with Gasteiger partial charge in [0.25, 0.3) is 0 Å². The Morgan fingerprint density at radius 3 is 1.97 bits per heavy atom. The number of aliphatic hydroxyl groups excluding tert-OH is 1. The molecule has 8 heteroatoms. The van der Waals surface area contributed by atoms with Crippen molar-refractivity contribution in [3.63, 3.8) is 0 Å². The number of hydrogen-bond acceptors (Lipinski definition) is 6. The maximum Gasteiger partial charge on any atom is 0.232 e. The largest absolute Gasteiger partial charge is 0.480 e. The van der Waals surface area contributed by atoms with Gasteiger partial charge in [-0.3, -0.25) is 0 Å². The molecule has 29 heavy (non-hydrogen) atoms. The number of nitrogens with zero attached hydrogens (tertiary/aromatic N) is 6. The van der Waals surface area contributed by atoms with Crippen molar-refractivity contribution in [2.24, 2.45) is 0 Å². The van der Waals surface area contributed by atoms with Gasteiger partial charge < -0.3 is 9.84 Å². The molecule has 1 N–H and O–H groups in total. The number of methoxy groups -OCH3 is 1. The smallest absolute Gasteiger partial charge is 0.232 e. The molecule has 0 aliphatic carbocycles. The summed E-state index contributed by atoms with van der Waals surface area (Å²) in [6.45, 7) is 4.06. The molecule has 0 bridgehead atoms. The summed E-state index contributed by atoms with van der Waals surface area (Å²) in [5.41, 5.74) is 1.88. The highest BCUT2D eigenvalue weighted by molar-refractivity contribution is 5.36. The van der Waals surface area contributed by atoms with Crippen LogP contribution in [0.5, 0.6) is 5.88 Å². The van der Waals surface area contributed by atoms with Gasteiger partial charge in [0.05, 0.1) is 30.8 Å². The molecule has 148 valence electrons. The SMILES string of the molecule is COc1ccn(-c2cccc(C(C)(C)c3cccc(-n4ccc(CO)n4)n3)n2)n1. The van der Waals surface area contributed by atoms with Crippen LogP contribution in [0.25, 0.3) is 11.6 Å². The first-order valence-corrected chi connectivity index (χ1v) is 9.22. The molecule has 0 amide bonds. The van der Waals surface area contributed by atoms with Crippen LogP contribution in [0.1, 0.15) is 30.9 Å². The maximum absolute atomic E-state index is 9.25. The van der Waals surface area contributed by atoms with E-state index in [4.69, 9.17) is 14.7 Å². The van der Waals surface area contributed by atoms with Crippen LogP contribution in [0.3, 0.4) is 0 Å². The highest BCUT2D eigenvalue weighted by atomic mass is 16.5. The second-order valence-electron chi connectivity index (χ2n) is 7.10. The Labute approximate surface area is 168 Å². The number of rotatable bonds is 6. The van der Waals surface area contributed by atoms with Crippen molar-refractivity contribution in [1.29, 1.82) is 0 Å². The number of aliphatic hydroxyl groups is 1. The number of ether oxygens (including phenoxy) is 1. The van der Waals surface area contributed by atoms with Gasteiger partial charge in [-0.1, -0.05) is 12.1 Å². The molecule has 4 aromatic heterocycles. The van der Waals surface area contributed by atoms with Crippen molar-refractivity contribution in [2.75, 3.05) is 7.11 Å². The molecule has 4 aromatic rings. The van der Waals surface area contributed by atoms with E-state index >= 15 is 0 Å². The van der Waals surface area contributed by atoms with Gasteiger partial charge >= 0.3 is 0 Å². The summed E-state index contributed by atoms with van der Waals surface area (Å²) in [6.07, 6.45) is 3.60. The molecule has 4 heterocycles. The maximum atomic E-state index is 9.25. The Kier molecular flexibility index (Phi) is 4.85. The van der Waals surface area contributed by atoms with E-state index in [0.717, 1.165) is 11.4 Å². The van der Waals surface area contributed by atoms with Gasteiger partial charge in [0.15, 0.2) is 11.6 Å². The van der Waals surface area contributed by atoms with E-state index in [1.165, 1.54) is 0 Å². The van der Waals surface area contributed by atoms with Crippen LogP contribution >= 0.6 is 0 Å². The Hall–Kier alpha value is -3.52. The quantitative estimate of drug-likeness (QED) is 0.544. The third-order valence-electron chi connectivity index (χ3n) is 4.80. The molecule has 0 radical (unpaired) electrons. The predicted octanol–water partition coefficient (Wildman–Crippen LogP) is 2.67. The van der Waals surface area contributed by atoms with Crippen molar-refractivity contribution in [1.82, 2.24) is 29.5 Å². The lowest BCUT2D eigenvalue weighted by Gasteiger charge is -2.24. The van der Waals surface area contributed by atoms with Crippen LogP contribution in [-0.2, 0) is 12.0 Å². The minimum absolute atomic E-state index is 0.104. The molecule has 0 unspecified atom stereocenters. The predicted molar refractivity (Wildman–Crippen MR) is 107 cm³/mol. The van der Waals surface area contributed by atoms with Gasteiger partial charge in [-0.2, -0.15) is 5.10 Å². The van der Waals surface area contributed by atoms with E-state index < -0.39 is 5.41 Å². The highest BCUT2D eigenvalue weighted by Crippen LogP contribution is 2.29. The topological polar surface area (TPSA) is 90.9 Å². The first-order valence-electron chi connectivity index (χ1n) is 9.22. The molecule has 0 aliphatic rings. The number of aromatic nitrogens is 6. The Bertz CT molecular complexity index is 1040. The van der Waals surface area contributed by atoms with Crippen LogP contribution in [0.15, 0.2) is 60.9 Å². The number of pyridine rings is 2. The molecule has 0 spiro atoms. The zero-order valence-electron chi connectivity index (χ0n) is 16.5. The van der Waals surface area contributed by atoms with Crippen molar-refractivity contribution in [3.05, 3.63) is 78.0 Å². The first kappa shape index (κ1) is 18.8. The average Bonchev–Trinajstić information content (AvgIpc) is 3.43. The van der Waals surface area contributed by atoms with Crippen molar-refractivity contribution >= 4 is 0 Å². The average molecular weight is 390 g/mol. The molecule has 0 saturated heterocycles. The zero-order valence-corrected chi connectivity index (χ0v) is 16.5. The standard InChI is InChI=1S/C21H22N6O2/c1-21(2,16-6-4-8-18(22-16)26-12-10-15(14-28)24-26)17-7-5-9-19(23-17)27-13-11-20(25-27)29-3/h4-13,28H,14H2,1-3H3. The molecular formula is C21H22N6O2. The van der Waals surface area contributed by atoms with Crippen molar-refractivity contribution in [3.8, 4) is 17.5 Å². The van der Waals surface area contributed by atoms with Gasteiger partial charge in [-0.05, 0) is 44.2 Å². The second kappa shape index (κ2) is 7.48. The molecule has 8 nitrogen and oxygen atoms in total. The normalized spacial score (nSPS) is 11.6. The van der Waals surface area contributed by atoms with E-state index in [1.807, 2.05) is 42.6 Å². The third-order valence-corrected chi connectivity index (χ3v) is 4.80. The van der Waals surface area contributed by atoms with Gasteiger partial charge in [-0.15, -0.1) is 5.10 Å². The Morgan fingerprint density at radius 2 is 1.45 bits per heavy atom. The van der Waals surface area contributed by atoms with Gasteiger partial charge in [-0.25, -0.2) is 19.3 Å². The summed E-state index contributed by atoms with van der Waals surface area (Å²) < 4.78 is 8.50. The molecule has 0 aromatic carbocycles. The van der Waals surface area contributed by atoms with E-state index in [1.54, 1.807) is 34.8 Å². The molecule has 0 saturated carbocycles. The number of hydrogen-bond donors (Lipinski definition) is 1. The highest BCUT2D eigenvalue weighted by Gasteiger charge is 2.27. The van der Waals surface area contributed by atoms with Gasteiger partial charge in [0.2, 0.25) is 5.88 Å². The van der Waals surface area contributed by atoms with Crippen molar-refractivity contribution in [2.45, 2.75) is 25.9 Å². The summed E-state index contributed by atoms with van der Waals surface area (Å²) in [5.74, 6) is 1.92. The fourth-order valence-electron chi connectivity index (χ4n) is 3.05. The molecule has 0 aliphatic heterocycles.